The van der Waals surface area contributed by atoms with E-state index >= 15 is 0 Å². The van der Waals surface area contributed by atoms with Crippen LogP contribution in [0, 0.1) is 0 Å². The average Bonchev–Trinajstić information content (AvgIpc) is 3.65. The lowest BCUT2D eigenvalue weighted by atomic mass is 10.2. The molecular weight excluding hydrogens is 416 g/mol. The van der Waals surface area contributed by atoms with Gasteiger partial charge in [-0.2, -0.15) is 5.10 Å². The zero-order chi connectivity index (χ0) is 22.6. The molecule has 0 spiro atoms. The van der Waals surface area contributed by atoms with Crippen molar-refractivity contribution in [1.82, 2.24) is 19.7 Å². The quantitative estimate of drug-likeness (QED) is 0.447. The Hall–Kier alpha value is -4.13. The van der Waals surface area contributed by atoms with E-state index < -0.39 is 0 Å². The van der Waals surface area contributed by atoms with Crippen molar-refractivity contribution in [3.63, 3.8) is 0 Å². The van der Waals surface area contributed by atoms with Crippen LogP contribution in [0.1, 0.15) is 34.9 Å². The number of hydrogen-bond acceptors (Lipinski definition) is 4. The molecule has 0 saturated heterocycles. The molecule has 1 aliphatic rings. The number of rotatable bonds is 8. The topological polar surface area (TPSA) is 78.2 Å². The molecule has 1 fully saturated rings. The SMILES string of the molecule is O=C(NCCn1nc(C2CC2)n(-c2ccccc2)c1=O)c1ccc(Oc2ccccc2)cc1. The largest absolute Gasteiger partial charge is 0.457 e. The minimum absolute atomic E-state index is 0.181. The summed E-state index contributed by atoms with van der Waals surface area (Å²) in [5, 5.41) is 7.44. The smallest absolute Gasteiger partial charge is 0.350 e. The number of ether oxygens (including phenoxy) is 1. The molecule has 7 heteroatoms. The molecule has 1 amide bonds. The zero-order valence-corrected chi connectivity index (χ0v) is 18.1. The lowest BCUT2D eigenvalue weighted by molar-refractivity contribution is 0.0951. The third kappa shape index (κ3) is 4.72. The van der Waals surface area contributed by atoms with Gasteiger partial charge in [-0.25, -0.2) is 14.0 Å². The minimum Gasteiger partial charge on any atom is -0.457 e. The van der Waals surface area contributed by atoms with E-state index in [4.69, 9.17) is 4.74 Å². The summed E-state index contributed by atoms with van der Waals surface area (Å²) in [5.41, 5.74) is 1.16. The number of amides is 1. The molecule has 0 bridgehead atoms. The summed E-state index contributed by atoms with van der Waals surface area (Å²) in [6.07, 6.45) is 2.09. The standard InChI is InChI=1S/C26H24N4O3/c31-25(20-13-15-23(16-14-20)33-22-9-5-2-6-10-22)27-17-18-29-26(32)30(21-7-3-1-4-8-21)24(28-29)19-11-12-19/h1-10,13-16,19H,11-12,17-18H2,(H,27,31). The number of aromatic nitrogens is 3. The van der Waals surface area contributed by atoms with Crippen LogP contribution in [0.4, 0.5) is 0 Å². The van der Waals surface area contributed by atoms with Gasteiger partial charge >= 0.3 is 5.69 Å². The molecule has 33 heavy (non-hydrogen) atoms. The molecule has 1 aliphatic carbocycles. The van der Waals surface area contributed by atoms with Crippen LogP contribution in [0.3, 0.4) is 0 Å². The van der Waals surface area contributed by atoms with E-state index in [0.29, 0.717) is 30.3 Å². The molecule has 5 rings (SSSR count). The summed E-state index contributed by atoms with van der Waals surface area (Å²) in [5.74, 6) is 2.31. The van der Waals surface area contributed by atoms with Crippen LogP contribution in [-0.2, 0) is 6.54 Å². The molecule has 1 N–H and O–H groups in total. The molecule has 7 nitrogen and oxygen atoms in total. The number of carbonyl (C=O) groups excluding carboxylic acids is 1. The van der Waals surface area contributed by atoms with E-state index in [1.165, 1.54) is 4.68 Å². The van der Waals surface area contributed by atoms with Crippen molar-refractivity contribution < 1.29 is 9.53 Å². The van der Waals surface area contributed by atoms with Crippen LogP contribution < -0.4 is 15.7 Å². The van der Waals surface area contributed by atoms with Crippen molar-refractivity contribution in [1.29, 1.82) is 0 Å². The fourth-order valence-electron chi connectivity index (χ4n) is 3.67. The average molecular weight is 441 g/mol. The predicted octanol–water partition coefficient (Wildman–Crippen LogP) is 4.13. The van der Waals surface area contributed by atoms with E-state index in [0.717, 1.165) is 30.1 Å². The van der Waals surface area contributed by atoms with Crippen LogP contribution >= 0.6 is 0 Å². The van der Waals surface area contributed by atoms with Gasteiger partial charge in [-0.05, 0) is 61.4 Å². The Labute approximate surface area is 191 Å². The maximum absolute atomic E-state index is 13.0. The van der Waals surface area contributed by atoms with Gasteiger partial charge < -0.3 is 10.1 Å². The molecule has 3 aromatic carbocycles. The van der Waals surface area contributed by atoms with Gasteiger partial charge in [-0.15, -0.1) is 0 Å². The summed E-state index contributed by atoms with van der Waals surface area (Å²) in [6, 6.07) is 26.0. The normalized spacial score (nSPS) is 13.0. The van der Waals surface area contributed by atoms with Crippen molar-refractivity contribution in [2.75, 3.05) is 6.54 Å². The number of para-hydroxylation sites is 2. The Balaban J connectivity index is 1.22. The van der Waals surface area contributed by atoms with Gasteiger partial charge in [0, 0.05) is 18.0 Å². The van der Waals surface area contributed by atoms with Gasteiger partial charge in [0.25, 0.3) is 5.91 Å². The van der Waals surface area contributed by atoms with E-state index in [-0.39, 0.29) is 11.6 Å². The number of hydrogen-bond donors (Lipinski definition) is 1. The zero-order valence-electron chi connectivity index (χ0n) is 18.1. The molecule has 0 unspecified atom stereocenters. The molecule has 0 radical (unpaired) electrons. The van der Waals surface area contributed by atoms with Crippen LogP contribution in [-0.4, -0.2) is 26.8 Å². The Bertz CT molecular complexity index is 1290. The minimum atomic E-state index is -0.209. The van der Waals surface area contributed by atoms with E-state index in [2.05, 4.69) is 10.4 Å². The Kier molecular flexibility index (Phi) is 5.76. The second-order valence-corrected chi connectivity index (χ2v) is 8.00. The first-order chi connectivity index (χ1) is 16.2. The van der Waals surface area contributed by atoms with Crippen molar-refractivity contribution in [3.8, 4) is 17.2 Å². The van der Waals surface area contributed by atoms with Crippen LogP contribution in [0.25, 0.3) is 5.69 Å². The first-order valence-corrected chi connectivity index (χ1v) is 11.1. The highest BCUT2D eigenvalue weighted by molar-refractivity contribution is 5.94. The molecule has 4 aromatic rings. The first kappa shape index (κ1) is 20.8. The van der Waals surface area contributed by atoms with E-state index in [1.54, 1.807) is 28.8 Å². The first-order valence-electron chi connectivity index (χ1n) is 11.1. The lowest BCUT2D eigenvalue weighted by Gasteiger charge is -2.07. The van der Waals surface area contributed by atoms with Gasteiger partial charge in [0.15, 0.2) is 0 Å². The highest BCUT2D eigenvalue weighted by Gasteiger charge is 2.31. The van der Waals surface area contributed by atoms with Crippen LogP contribution in [0.5, 0.6) is 11.5 Å². The highest BCUT2D eigenvalue weighted by atomic mass is 16.5. The fourth-order valence-corrected chi connectivity index (χ4v) is 3.67. The summed E-state index contributed by atoms with van der Waals surface area (Å²) in [4.78, 5) is 25.5. The summed E-state index contributed by atoms with van der Waals surface area (Å²) < 4.78 is 8.89. The van der Waals surface area contributed by atoms with Crippen molar-refractivity contribution >= 4 is 5.91 Å². The number of benzene rings is 3. The molecule has 0 atom stereocenters. The van der Waals surface area contributed by atoms with Crippen molar-refractivity contribution in [3.05, 3.63) is 107 Å². The maximum atomic E-state index is 13.0. The van der Waals surface area contributed by atoms with E-state index in [1.807, 2.05) is 60.7 Å². The van der Waals surface area contributed by atoms with Gasteiger partial charge in [-0.1, -0.05) is 36.4 Å². The van der Waals surface area contributed by atoms with Crippen molar-refractivity contribution in [2.24, 2.45) is 0 Å². The van der Waals surface area contributed by atoms with Crippen LogP contribution in [0.15, 0.2) is 89.7 Å². The number of nitrogens with zero attached hydrogens (tertiary/aromatic N) is 3. The Morgan fingerprint density at radius 2 is 1.55 bits per heavy atom. The van der Waals surface area contributed by atoms with Gasteiger partial charge in [-0.3, -0.25) is 4.79 Å². The molecule has 166 valence electrons. The second-order valence-electron chi connectivity index (χ2n) is 8.00. The number of carbonyl (C=O) groups is 1. The maximum Gasteiger partial charge on any atom is 0.350 e. The third-order valence-corrected chi connectivity index (χ3v) is 5.53. The van der Waals surface area contributed by atoms with Crippen LogP contribution in [0.2, 0.25) is 0 Å². The Morgan fingerprint density at radius 1 is 0.909 bits per heavy atom. The summed E-state index contributed by atoms with van der Waals surface area (Å²) >= 11 is 0. The predicted molar refractivity (Wildman–Crippen MR) is 125 cm³/mol. The number of nitrogens with one attached hydrogen (secondary N) is 1. The van der Waals surface area contributed by atoms with E-state index in [9.17, 15) is 9.59 Å². The van der Waals surface area contributed by atoms with Gasteiger partial charge in [0.2, 0.25) is 0 Å². The summed E-state index contributed by atoms with van der Waals surface area (Å²) in [7, 11) is 0. The molecule has 1 heterocycles. The molecule has 1 saturated carbocycles. The monoisotopic (exact) mass is 440 g/mol. The molecule has 0 aliphatic heterocycles. The van der Waals surface area contributed by atoms with Gasteiger partial charge in [0.1, 0.15) is 17.3 Å². The summed E-state index contributed by atoms with van der Waals surface area (Å²) in [6.45, 7) is 0.607. The van der Waals surface area contributed by atoms with Gasteiger partial charge in [0.05, 0.1) is 12.2 Å². The highest BCUT2D eigenvalue weighted by Crippen LogP contribution is 2.39. The van der Waals surface area contributed by atoms with Crippen molar-refractivity contribution in [2.45, 2.75) is 25.3 Å². The molecular formula is C26H24N4O3. The molecule has 1 aromatic heterocycles. The third-order valence-electron chi connectivity index (χ3n) is 5.53. The lowest BCUT2D eigenvalue weighted by Crippen LogP contribution is -2.32. The fraction of sp³-hybridized carbons (Fsp3) is 0.192. The second kappa shape index (κ2) is 9.16. The Morgan fingerprint density at radius 3 is 2.21 bits per heavy atom.